The Labute approximate surface area is 223 Å². The van der Waals surface area contributed by atoms with E-state index < -0.39 is 32.9 Å². The second-order valence-electron chi connectivity index (χ2n) is 12.2. The van der Waals surface area contributed by atoms with Crippen LogP contribution in [-0.4, -0.2) is 50.1 Å². The second-order valence-corrected chi connectivity index (χ2v) is 26.2. The Morgan fingerprint density at radius 3 is 1.76 bits per heavy atom. The van der Waals surface area contributed by atoms with Gasteiger partial charge >= 0.3 is 0 Å². The zero-order valence-corrected chi connectivity index (χ0v) is 28.8. The first-order valence-corrected chi connectivity index (χ1v) is 20.9. The fraction of sp³-hybridized carbons (Fsp3) is 0.913. The van der Waals surface area contributed by atoms with Crippen LogP contribution in [0.3, 0.4) is 0 Å². The van der Waals surface area contributed by atoms with Gasteiger partial charge in [-0.1, -0.05) is 54.5 Å². The molecule has 2 unspecified atom stereocenters. The molecule has 0 aliphatic heterocycles. The van der Waals surface area contributed by atoms with Crippen molar-refractivity contribution in [2.75, 3.05) is 12.9 Å². The van der Waals surface area contributed by atoms with E-state index in [2.05, 4.69) is 99.6 Å². The minimum absolute atomic E-state index is 0.0757. The molecule has 198 valence electrons. The fourth-order valence-corrected chi connectivity index (χ4v) is 6.79. The molecule has 0 aliphatic carbocycles. The van der Waals surface area contributed by atoms with Crippen molar-refractivity contribution in [2.24, 2.45) is 5.92 Å². The Balaban J connectivity index is 5.63. The summed E-state index contributed by atoms with van der Waals surface area (Å²) in [5.41, 5.74) is 0. The minimum atomic E-state index is -3.56. The summed E-state index contributed by atoms with van der Waals surface area (Å²) in [5.74, 6) is 0.147. The molecule has 0 spiro atoms. The van der Waals surface area contributed by atoms with Crippen molar-refractivity contribution in [1.82, 2.24) is 0 Å². The van der Waals surface area contributed by atoms with E-state index in [9.17, 15) is 8.42 Å². The minimum Gasteiger partial charge on any atom is -0.414 e. The van der Waals surface area contributed by atoms with Crippen LogP contribution in [0.2, 0.25) is 36.3 Å². The van der Waals surface area contributed by atoms with Gasteiger partial charge in [0.1, 0.15) is 0 Å². The molecule has 0 aromatic heterocycles. The Morgan fingerprint density at radius 1 is 0.909 bits per heavy atom. The third kappa shape index (κ3) is 13.7. The molecule has 0 bridgehead atoms. The maximum atomic E-state index is 11.9. The molecule has 0 saturated heterocycles. The van der Waals surface area contributed by atoms with Crippen molar-refractivity contribution in [3.05, 3.63) is 9.47 Å². The van der Waals surface area contributed by atoms with Gasteiger partial charge in [-0.2, -0.15) is 8.42 Å². The summed E-state index contributed by atoms with van der Waals surface area (Å²) in [7, 11) is -7.53. The van der Waals surface area contributed by atoms with Gasteiger partial charge in [0.05, 0.1) is 28.5 Å². The average Bonchev–Trinajstić information content (AvgIpc) is 2.52. The Hall–Kier alpha value is 0.964. The van der Waals surface area contributed by atoms with Crippen molar-refractivity contribution < 1.29 is 21.5 Å². The average molecular weight is 653 g/mol. The number of hydrogen-bond acceptors (Lipinski definition) is 5. The molecule has 0 saturated carbocycles. The van der Waals surface area contributed by atoms with Crippen LogP contribution in [0.25, 0.3) is 0 Å². The summed E-state index contributed by atoms with van der Waals surface area (Å²) in [4.78, 5) is 0. The van der Waals surface area contributed by atoms with Crippen molar-refractivity contribution >= 4 is 58.6 Å². The standard InChI is InChI=1S/C23H48Br2O5SSi2/c1-18(16-21(24)25)15-19(29-31(8,26)27)13-14-20(30-33(11,12)23(5,6)7)17-28-32(9,10)22(2,3)4/h16,18-20H,13-15,17H2,1-12H3/t18?,19-,20?/m1/s1. The highest BCUT2D eigenvalue weighted by molar-refractivity contribution is 9.28. The van der Waals surface area contributed by atoms with Gasteiger partial charge in [0.15, 0.2) is 16.6 Å². The molecule has 0 aromatic carbocycles. The largest absolute Gasteiger partial charge is 0.414 e. The lowest BCUT2D eigenvalue weighted by atomic mass is 9.99. The third-order valence-corrected chi connectivity index (χ3v) is 17.1. The third-order valence-electron chi connectivity index (χ3n) is 6.87. The van der Waals surface area contributed by atoms with Gasteiger partial charge in [-0.05, 0) is 93.3 Å². The van der Waals surface area contributed by atoms with Crippen LogP contribution in [0, 0.1) is 5.92 Å². The van der Waals surface area contributed by atoms with Crippen LogP contribution in [0.1, 0.15) is 67.7 Å². The SMILES string of the molecule is CC(C=C(Br)Br)C[C@@H](CCC(CO[Si](C)(C)C(C)(C)C)O[Si](C)(C)C(C)(C)C)OS(C)(=O)=O. The predicted molar refractivity (Wildman–Crippen MR) is 154 cm³/mol. The lowest BCUT2D eigenvalue weighted by molar-refractivity contribution is 0.0821. The highest BCUT2D eigenvalue weighted by Crippen LogP contribution is 2.39. The van der Waals surface area contributed by atoms with Crippen LogP contribution in [0.4, 0.5) is 0 Å². The van der Waals surface area contributed by atoms with Crippen molar-refractivity contribution in [2.45, 2.75) is 116 Å². The van der Waals surface area contributed by atoms with Crippen LogP contribution in [0.5, 0.6) is 0 Å². The maximum absolute atomic E-state index is 11.9. The van der Waals surface area contributed by atoms with E-state index in [1.165, 1.54) is 0 Å². The Bertz CT molecular complexity index is 737. The van der Waals surface area contributed by atoms with Gasteiger partial charge in [0, 0.05) is 0 Å². The predicted octanol–water partition coefficient (Wildman–Crippen LogP) is 8.18. The molecule has 5 nitrogen and oxygen atoms in total. The van der Waals surface area contributed by atoms with E-state index in [0.717, 1.165) is 9.65 Å². The monoisotopic (exact) mass is 650 g/mol. The highest BCUT2D eigenvalue weighted by Gasteiger charge is 2.41. The molecular formula is C23H48Br2O5SSi2. The molecule has 0 radical (unpaired) electrons. The second kappa shape index (κ2) is 13.0. The first-order chi connectivity index (χ1) is 14.5. The molecule has 0 aliphatic rings. The summed E-state index contributed by atoms with van der Waals surface area (Å²) < 4.78 is 43.5. The Kier molecular flexibility index (Phi) is 13.3. The quantitative estimate of drug-likeness (QED) is 0.148. The molecular weight excluding hydrogens is 604 g/mol. The first-order valence-electron chi connectivity index (χ1n) is 11.7. The first kappa shape index (κ1) is 34.0. The van der Waals surface area contributed by atoms with Gasteiger partial charge in [0.2, 0.25) is 0 Å². The summed E-state index contributed by atoms with van der Waals surface area (Å²) in [5, 5.41) is 0.188. The molecule has 0 aromatic rings. The van der Waals surface area contributed by atoms with Gasteiger partial charge < -0.3 is 8.85 Å². The van der Waals surface area contributed by atoms with E-state index in [0.29, 0.717) is 25.9 Å². The maximum Gasteiger partial charge on any atom is 0.264 e. The zero-order chi connectivity index (χ0) is 26.5. The summed E-state index contributed by atoms with van der Waals surface area (Å²) in [6.45, 7) is 24.9. The molecule has 0 amide bonds. The summed E-state index contributed by atoms with van der Waals surface area (Å²) in [6.07, 6.45) is 4.49. The number of hydrogen-bond donors (Lipinski definition) is 0. The van der Waals surface area contributed by atoms with Crippen molar-refractivity contribution in [1.29, 1.82) is 0 Å². The van der Waals surface area contributed by atoms with Gasteiger partial charge in [-0.3, -0.25) is 4.18 Å². The van der Waals surface area contributed by atoms with Gasteiger partial charge in [-0.25, -0.2) is 0 Å². The van der Waals surface area contributed by atoms with Crippen molar-refractivity contribution in [3.63, 3.8) is 0 Å². The smallest absolute Gasteiger partial charge is 0.264 e. The fourth-order valence-electron chi connectivity index (χ4n) is 2.81. The van der Waals surface area contributed by atoms with Crippen LogP contribution >= 0.6 is 31.9 Å². The molecule has 33 heavy (non-hydrogen) atoms. The molecule has 0 N–H and O–H groups in total. The van der Waals surface area contributed by atoms with Gasteiger partial charge in [0.25, 0.3) is 10.1 Å². The summed E-state index contributed by atoms with van der Waals surface area (Å²) >= 11 is 6.77. The lowest BCUT2D eigenvalue weighted by Gasteiger charge is -2.42. The van der Waals surface area contributed by atoms with Crippen LogP contribution < -0.4 is 0 Å². The number of rotatable bonds is 13. The lowest BCUT2D eigenvalue weighted by Crippen LogP contribution is -2.48. The zero-order valence-electron chi connectivity index (χ0n) is 22.8. The van der Waals surface area contributed by atoms with Crippen molar-refractivity contribution in [3.8, 4) is 0 Å². The van der Waals surface area contributed by atoms with E-state index in [-0.39, 0.29) is 22.1 Å². The molecule has 10 heteroatoms. The molecule has 0 fully saturated rings. The Morgan fingerprint density at radius 2 is 1.36 bits per heavy atom. The van der Waals surface area contributed by atoms with E-state index >= 15 is 0 Å². The van der Waals surface area contributed by atoms with E-state index in [1.54, 1.807) is 0 Å². The number of halogens is 2. The topological polar surface area (TPSA) is 61.8 Å². The molecule has 0 heterocycles. The van der Waals surface area contributed by atoms with Crippen LogP contribution in [0.15, 0.2) is 9.47 Å². The highest BCUT2D eigenvalue weighted by atomic mass is 79.9. The van der Waals surface area contributed by atoms with Crippen LogP contribution in [-0.2, 0) is 23.2 Å². The summed E-state index contributed by atoms with van der Waals surface area (Å²) in [6, 6.07) is 0. The number of allylic oxidation sites excluding steroid dienone is 1. The molecule has 0 rings (SSSR count). The normalized spacial score (nSPS) is 16.9. The van der Waals surface area contributed by atoms with E-state index in [4.69, 9.17) is 13.0 Å². The van der Waals surface area contributed by atoms with E-state index in [1.807, 2.05) is 13.0 Å². The molecule has 3 atom stereocenters. The van der Waals surface area contributed by atoms with Gasteiger partial charge in [-0.15, -0.1) is 0 Å².